The van der Waals surface area contributed by atoms with Gasteiger partial charge in [-0.25, -0.2) is 4.39 Å². The number of unbranched alkanes of at least 4 members (excludes halogenated alkanes) is 1. The van der Waals surface area contributed by atoms with Crippen molar-refractivity contribution in [3.63, 3.8) is 0 Å². The Kier molecular flexibility index (Phi) is 7.32. The molecule has 21 heavy (non-hydrogen) atoms. The number of carbonyl (C=O) groups excluding carboxylic acids is 1. The van der Waals surface area contributed by atoms with Crippen molar-refractivity contribution in [3.05, 3.63) is 35.6 Å². The maximum absolute atomic E-state index is 13.5. The Labute approximate surface area is 125 Å². The van der Waals surface area contributed by atoms with Gasteiger partial charge in [0.15, 0.2) is 0 Å². The summed E-state index contributed by atoms with van der Waals surface area (Å²) in [6, 6.07) is 5.92. The van der Waals surface area contributed by atoms with Crippen LogP contribution in [0.15, 0.2) is 24.3 Å². The summed E-state index contributed by atoms with van der Waals surface area (Å²) >= 11 is 0. The van der Waals surface area contributed by atoms with Crippen LogP contribution in [0.2, 0.25) is 0 Å². The van der Waals surface area contributed by atoms with Crippen molar-refractivity contribution in [2.75, 3.05) is 26.9 Å². The van der Waals surface area contributed by atoms with E-state index in [1.54, 1.807) is 12.1 Å². The maximum Gasteiger partial charge on any atom is 0.317 e. The van der Waals surface area contributed by atoms with E-state index in [9.17, 15) is 9.18 Å². The van der Waals surface area contributed by atoms with E-state index >= 15 is 0 Å². The summed E-state index contributed by atoms with van der Waals surface area (Å²) in [5.41, 5.74) is 5.29. The fourth-order valence-electron chi connectivity index (χ4n) is 2.24. The summed E-state index contributed by atoms with van der Waals surface area (Å²) in [7, 11) is 1.31. The number of carbonyl (C=O) groups is 1. The van der Waals surface area contributed by atoms with Gasteiger partial charge in [0.05, 0.1) is 7.11 Å². The van der Waals surface area contributed by atoms with E-state index < -0.39 is 17.2 Å². The van der Waals surface area contributed by atoms with Gasteiger partial charge in [0.2, 0.25) is 0 Å². The van der Waals surface area contributed by atoms with Gasteiger partial charge >= 0.3 is 5.97 Å². The van der Waals surface area contributed by atoms with Crippen molar-refractivity contribution < 1.29 is 18.7 Å². The average molecular weight is 297 g/mol. The molecule has 0 aliphatic rings. The zero-order chi connectivity index (χ0) is 15.7. The third kappa shape index (κ3) is 4.51. The first-order valence-corrected chi connectivity index (χ1v) is 7.23. The minimum atomic E-state index is -1.07. The fraction of sp³-hybridized carbons (Fsp3) is 0.562. The lowest BCUT2D eigenvalue weighted by molar-refractivity contribution is -0.148. The highest BCUT2D eigenvalue weighted by Gasteiger charge is 2.40. The van der Waals surface area contributed by atoms with Gasteiger partial charge in [0.25, 0.3) is 0 Å². The van der Waals surface area contributed by atoms with Crippen LogP contribution in [0.5, 0.6) is 0 Å². The molecule has 2 N–H and O–H groups in total. The summed E-state index contributed by atoms with van der Waals surface area (Å²) in [5, 5.41) is 0. The summed E-state index contributed by atoms with van der Waals surface area (Å²) in [5.74, 6) is -0.865. The van der Waals surface area contributed by atoms with Gasteiger partial charge in [0.1, 0.15) is 11.2 Å². The number of esters is 1. The second-order valence-electron chi connectivity index (χ2n) is 5.00. The largest absolute Gasteiger partial charge is 0.468 e. The number of benzene rings is 1. The van der Waals surface area contributed by atoms with Crippen molar-refractivity contribution in [2.45, 2.75) is 31.6 Å². The molecule has 1 unspecified atom stereocenters. The summed E-state index contributed by atoms with van der Waals surface area (Å²) < 4.78 is 23.9. The third-order valence-electron chi connectivity index (χ3n) is 3.62. The summed E-state index contributed by atoms with van der Waals surface area (Å²) in [6.45, 7) is 3.14. The third-order valence-corrected chi connectivity index (χ3v) is 3.62. The van der Waals surface area contributed by atoms with Gasteiger partial charge in [-0.15, -0.1) is 0 Å². The van der Waals surface area contributed by atoms with Crippen molar-refractivity contribution in [1.82, 2.24) is 0 Å². The highest BCUT2D eigenvalue weighted by atomic mass is 19.1. The predicted molar refractivity (Wildman–Crippen MR) is 79.5 cm³/mol. The Morgan fingerprint density at radius 2 is 2.14 bits per heavy atom. The second kappa shape index (κ2) is 8.74. The Balaban J connectivity index is 2.91. The zero-order valence-corrected chi connectivity index (χ0v) is 12.7. The molecule has 0 heterocycles. The van der Waals surface area contributed by atoms with E-state index in [0.29, 0.717) is 25.2 Å². The number of hydrogen-bond donors (Lipinski definition) is 1. The van der Waals surface area contributed by atoms with Gasteiger partial charge in [0, 0.05) is 19.8 Å². The first-order valence-electron chi connectivity index (χ1n) is 7.23. The second-order valence-corrected chi connectivity index (χ2v) is 5.00. The molecule has 4 nitrogen and oxygen atoms in total. The number of hydrogen-bond acceptors (Lipinski definition) is 4. The van der Waals surface area contributed by atoms with Gasteiger partial charge < -0.3 is 15.2 Å². The van der Waals surface area contributed by atoms with Crippen LogP contribution in [0.4, 0.5) is 4.39 Å². The molecule has 0 saturated carbocycles. The van der Waals surface area contributed by atoms with E-state index in [4.69, 9.17) is 15.2 Å². The lowest BCUT2D eigenvalue weighted by Gasteiger charge is -2.30. The molecule has 0 radical (unpaired) electrons. The molecular formula is C16H24FNO3. The van der Waals surface area contributed by atoms with Crippen LogP contribution in [0.25, 0.3) is 0 Å². The first kappa shape index (κ1) is 17.6. The molecule has 1 atom stereocenters. The van der Waals surface area contributed by atoms with Crippen LogP contribution in [-0.2, 0) is 19.7 Å². The molecule has 0 aliphatic carbocycles. The van der Waals surface area contributed by atoms with Crippen LogP contribution in [0, 0.1) is 5.82 Å². The Morgan fingerprint density at radius 3 is 2.71 bits per heavy atom. The molecule has 0 amide bonds. The normalized spacial score (nSPS) is 13.7. The lowest BCUT2D eigenvalue weighted by Crippen LogP contribution is -2.45. The van der Waals surface area contributed by atoms with E-state index in [2.05, 4.69) is 6.92 Å². The monoisotopic (exact) mass is 297 g/mol. The standard InChI is InChI=1S/C16H24FNO3/c1-3-4-9-21-10-8-16(12-18,15(19)20-2)13-6-5-7-14(17)11-13/h5-7,11H,3-4,8-10,12,18H2,1-2H3. The Hall–Kier alpha value is -1.46. The number of ether oxygens (including phenoxy) is 2. The van der Waals surface area contributed by atoms with Gasteiger partial charge in [-0.05, 0) is 30.5 Å². The molecule has 0 fully saturated rings. The van der Waals surface area contributed by atoms with Crippen molar-refractivity contribution in [1.29, 1.82) is 0 Å². The van der Waals surface area contributed by atoms with Crippen molar-refractivity contribution in [2.24, 2.45) is 5.73 Å². The number of methoxy groups -OCH3 is 1. The molecule has 0 spiro atoms. The number of halogens is 1. The fourth-order valence-corrected chi connectivity index (χ4v) is 2.24. The van der Waals surface area contributed by atoms with E-state index in [1.165, 1.54) is 19.2 Å². The van der Waals surface area contributed by atoms with Crippen molar-refractivity contribution >= 4 is 5.97 Å². The van der Waals surface area contributed by atoms with Gasteiger partial charge in [-0.3, -0.25) is 4.79 Å². The van der Waals surface area contributed by atoms with Crippen LogP contribution < -0.4 is 5.73 Å². The first-order chi connectivity index (χ1) is 10.1. The summed E-state index contributed by atoms with van der Waals surface area (Å²) in [4.78, 5) is 12.2. The Bertz CT molecular complexity index is 453. The lowest BCUT2D eigenvalue weighted by atomic mass is 9.77. The van der Waals surface area contributed by atoms with E-state index in [1.807, 2.05) is 0 Å². The minimum Gasteiger partial charge on any atom is -0.468 e. The Morgan fingerprint density at radius 1 is 1.38 bits per heavy atom. The minimum absolute atomic E-state index is 0.0419. The molecule has 1 aromatic rings. The number of nitrogens with two attached hydrogens (primary N) is 1. The quantitative estimate of drug-likeness (QED) is 0.561. The van der Waals surface area contributed by atoms with Gasteiger partial charge in [-0.1, -0.05) is 25.5 Å². The molecule has 118 valence electrons. The highest BCUT2D eigenvalue weighted by Crippen LogP contribution is 2.29. The number of rotatable bonds is 9. The maximum atomic E-state index is 13.5. The van der Waals surface area contributed by atoms with Gasteiger partial charge in [-0.2, -0.15) is 0 Å². The molecule has 0 bridgehead atoms. The van der Waals surface area contributed by atoms with E-state index in [0.717, 1.165) is 12.8 Å². The molecule has 1 aromatic carbocycles. The molecule has 0 saturated heterocycles. The zero-order valence-electron chi connectivity index (χ0n) is 12.7. The van der Waals surface area contributed by atoms with Crippen molar-refractivity contribution in [3.8, 4) is 0 Å². The van der Waals surface area contributed by atoms with E-state index in [-0.39, 0.29) is 6.54 Å². The smallest absolute Gasteiger partial charge is 0.317 e. The molecular weight excluding hydrogens is 273 g/mol. The van der Waals surface area contributed by atoms with Crippen LogP contribution >= 0.6 is 0 Å². The van der Waals surface area contributed by atoms with Crippen LogP contribution in [0.1, 0.15) is 31.7 Å². The molecule has 0 aromatic heterocycles. The molecule has 0 aliphatic heterocycles. The van der Waals surface area contributed by atoms with Crippen LogP contribution in [0.3, 0.4) is 0 Å². The predicted octanol–water partition coefficient (Wildman–Crippen LogP) is 2.40. The molecule has 5 heteroatoms. The van der Waals surface area contributed by atoms with Crippen LogP contribution in [-0.4, -0.2) is 32.8 Å². The summed E-state index contributed by atoms with van der Waals surface area (Å²) in [6.07, 6.45) is 2.38. The topological polar surface area (TPSA) is 61.5 Å². The average Bonchev–Trinajstić information content (AvgIpc) is 2.50. The highest BCUT2D eigenvalue weighted by molar-refractivity contribution is 5.83. The molecule has 1 rings (SSSR count). The SMILES string of the molecule is CCCCOCCC(CN)(C(=O)OC)c1cccc(F)c1.